The van der Waals surface area contributed by atoms with Crippen LogP contribution in [0.25, 0.3) is 0 Å². The Morgan fingerprint density at radius 3 is 2.31 bits per heavy atom. The normalized spacial score (nSPS) is 9.81. The summed E-state index contributed by atoms with van der Waals surface area (Å²) in [6, 6.07) is 10.7. The van der Waals surface area contributed by atoms with E-state index < -0.39 is 0 Å². The maximum atomic E-state index is 10.5. The molecule has 0 saturated carbocycles. The van der Waals surface area contributed by atoms with Gasteiger partial charge in [0.25, 0.3) is 0 Å². The molecule has 3 heteroatoms. The molecular weight excluding hydrogens is 202 g/mol. The highest BCUT2D eigenvalue weighted by Gasteiger charge is 1.97. The van der Waals surface area contributed by atoms with Crippen LogP contribution in [0.2, 0.25) is 0 Å². The smallest absolute Gasteiger partial charge is 0.150 e. The van der Waals surface area contributed by atoms with Gasteiger partial charge in [-0.3, -0.25) is 9.78 Å². The summed E-state index contributed by atoms with van der Waals surface area (Å²) >= 11 is 0. The lowest BCUT2D eigenvalue weighted by Crippen LogP contribution is -1.87. The van der Waals surface area contributed by atoms with Gasteiger partial charge in [0.05, 0.1) is 6.20 Å². The number of aromatic nitrogens is 1. The van der Waals surface area contributed by atoms with Gasteiger partial charge in [-0.25, -0.2) is 0 Å². The van der Waals surface area contributed by atoms with E-state index >= 15 is 0 Å². The first-order valence-corrected chi connectivity index (χ1v) is 4.94. The van der Waals surface area contributed by atoms with Crippen molar-refractivity contribution in [2.45, 2.75) is 6.92 Å². The third-order valence-corrected chi connectivity index (χ3v) is 2.14. The molecule has 3 nitrogen and oxygen atoms in total. The number of carbonyl (C=O) groups is 1. The Morgan fingerprint density at radius 1 is 1.06 bits per heavy atom. The van der Waals surface area contributed by atoms with Crippen LogP contribution in [0, 0.1) is 6.92 Å². The highest BCUT2D eigenvalue weighted by Crippen LogP contribution is 2.20. The van der Waals surface area contributed by atoms with Crippen molar-refractivity contribution in [2.24, 2.45) is 0 Å². The number of benzene rings is 1. The Bertz CT molecular complexity index is 474. The van der Waals surface area contributed by atoms with Gasteiger partial charge in [-0.1, -0.05) is 0 Å². The second kappa shape index (κ2) is 4.57. The minimum Gasteiger partial charge on any atom is -0.456 e. The standard InChI is InChI=1S/C13H11NO2/c1-10-2-5-13(8-14-10)16-12-6-3-11(9-15)4-7-12/h2-9H,1H3. The van der Waals surface area contributed by atoms with Crippen LogP contribution in [-0.4, -0.2) is 11.3 Å². The Kier molecular flexibility index (Phi) is 2.96. The van der Waals surface area contributed by atoms with Crippen molar-refractivity contribution in [3.05, 3.63) is 53.9 Å². The number of hydrogen-bond donors (Lipinski definition) is 0. The fourth-order valence-corrected chi connectivity index (χ4v) is 1.27. The molecule has 0 aliphatic carbocycles. The van der Waals surface area contributed by atoms with Crippen molar-refractivity contribution in [3.63, 3.8) is 0 Å². The van der Waals surface area contributed by atoms with Crippen LogP contribution < -0.4 is 4.74 Å². The number of carbonyl (C=O) groups excluding carboxylic acids is 1. The number of pyridine rings is 1. The van der Waals surface area contributed by atoms with Crippen LogP contribution in [-0.2, 0) is 0 Å². The molecule has 0 aliphatic rings. The Labute approximate surface area is 93.7 Å². The predicted octanol–water partition coefficient (Wildman–Crippen LogP) is 2.99. The van der Waals surface area contributed by atoms with Crippen molar-refractivity contribution in [2.75, 3.05) is 0 Å². The van der Waals surface area contributed by atoms with E-state index in [4.69, 9.17) is 4.74 Å². The third kappa shape index (κ3) is 2.45. The van der Waals surface area contributed by atoms with Gasteiger partial charge in [-0.05, 0) is 43.3 Å². The fourth-order valence-electron chi connectivity index (χ4n) is 1.27. The summed E-state index contributed by atoms with van der Waals surface area (Å²) in [6.45, 7) is 1.92. The van der Waals surface area contributed by atoms with Crippen LogP contribution in [0.4, 0.5) is 0 Å². The van der Waals surface area contributed by atoms with E-state index in [1.807, 2.05) is 19.1 Å². The Morgan fingerprint density at radius 2 is 1.75 bits per heavy atom. The average Bonchev–Trinajstić information content (AvgIpc) is 2.33. The van der Waals surface area contributed by atoms with Gasteiger partial charge in [-0.2, -0.15) is 0 Å². The maximum Gasteiger partial charge on any atom is 0.150 e. The summed E-state index contributed by atoms with van der Waals surface area (Å²) in [4.78, 5) is 14.6. The first-order valence-electron chi connectivity index (χ1n) is 4.94. The molecule has 0 atom stereocenters. The highest BCUT2D eigenvalue weighted by molar-refractivity contribution is 5.74. The van der Waals surface area contributed by atoms with Crippen molar-refractivity contribution in [3.8, 4) is 11.5 Å². The molecule has 0 amide bonds. The summed E-state index contributed by atoms with van der Waals surface area (Å²) in [5.74, 6) is 1.38. The van der Waals surface area contributed by atoms with Gasteiger partial charge in [0.15, 0.2) is 0 Å². The van der Waals surface area contributed by atoms with E-state index in [0.717, 1.165) is 12.0 Å². The summed E-state index contributed by atoms with van der Waals surface area (Å²) in [7, 11) is 0. The Balaban J connectivity index is 2.14. The zero-order valence-electron chi connectivity index (χ0n) is 8.88. The molecule has 1 aromatic carbocycles. The lowest BCUT2D eigenvalue weighted by molar-refractivity contribution is 0.112. The maximum absolute atomic E-state index is 10.5. The van der Waals surface area contributed by atoms with Crippen molar-refractivity contribution in [1.29, 1.82) is 0 Å². The first-order chi connectivity index (χ1) is 7.78. The molecule has 0 fully saturated rings. The van der Waals surface area contributed by atoms with Gasteiger partial charge in [0.2, 0.25) is 0 Å². The number of rotatable bonds is 3. The molecule has 0 aliphatic heterocycles. The second-order valence-electron chi connectivity index (χ2n) is 3.42. The molecule has 0 saturated heterocycles. The molecule has 1 aromatic heterocycles. The molecular formula is C13H11NO2. The molecule has 0 radical (unpaired) electrons. The molecule has 16 heavy (non-hydrogen) atoms. The summed E-state index contributed by atoms with van der Waals surface area (Å²) in [6.07, 6.45) is 2.47. The minimum absolute atomic E-state index is 0.634. The molecule has 1 heterocycles. The predicted molar refractivity (Wildman–Crippen MR) is 60.9 cm³/mol. The van der Waals surface area contributed by atoms with Crippen molar-refractivity contribution >= 4 is 6.29 Å². The van der Waals surface area contributed by atoms with E-state index in [1.54, 1.807) is 30.5 Å². The van der Waals surface area contributed by atoms with E-state index in [9.17, 15) is 4.79 Å². The summed E-state index contributed by atoms with van der Waals surface area (Å²) < 4.78 is 5.55. The topological polar surface area (TPSA) is 39.2 Å². The molecule has 0 spiro atoms. The van der Waals surface area contributed by atoms with E-state index in [0.29, 0.717) is 17.1 Å². The van der Waals surface area contributed by atoms with Crippen molar-refractivity contribution < 1.29 is 9.53 Å². The fraction of sp³-hybridized carbons (Fsp3) is 0.0769. The number of hydrogen-bond acceptors (Lipinski definition) is 3. The number of aryl methyl sites for hydroxylation is 1. The number of ether oxygens (including phenoxy) is 1. The van der Waals surface area contributed by atoms with Gasteiger partial charge >= 0.3 is 0 Å². The van der Waals surface area contributed by atoms with Gasteiger partial charge in [0.1, 0.15) is 17.8 Å². The molecule has 2 rings (SSSR count). The number of aldehydes is 1. The lowest BCUT2D eigenvalue weighted by atomic mass is 10.2. The first kappa shape index (κ1) is 10.4. The van der Waals surface area contributed by atoms with Crippen LogP contribution in [0.3, 0.4) is 0 Å². The van der Waals surface area contributed by atoms with Gasteiger partial charge in [0, 0.05) is 11.3 Å². The quantitative estimate of drug-likeness (QED) is 0.736. The van der Waals surface area contributed by atoms with Crippen LogP contribution >= 0.6 is 0 Å². The van der Waals surface area contributed by atoms with Crippen LogP contribution in [0.15, 0.2) is 42.6 Å². The van der Waals surface area contributed by atoms with Gasteiger partial charge in [-0.15, -0.1) is 0 Å². The van der Waals surface area contributed by atoms with Crippen LogP contribution in [0.5, 0.6) is 11.5 Å². The van der Waals surface area contributed by atoms with Crippen LogP contribution in [0.1, 0.15) is 16.1 Å². The zero-order chi connectivity index (χ0) is 11.4. The second-order valence-corrected chi connectivity index (χ2v) is 3.42. The largest absolute Gasteiger partial charge is 0.456 e. The lowest BCUT2D eigenvalue weighted by Gasteiger charge is -2.05. The monoisotopic (exact) mass is 213 g/mol. The summed E-state index contributed by atoms with van der Waals surface area (Å²) in [5.41, 5.74) is 1.58. The van der Waals surface area contributed by atoms with E-state index in [2.05, 4.69) is 4.98 Å². The van der Waals surface area contributed by atoms with E-state index in [-0.39, 0.29) is 0 Å². The van der Waals surface area contributed by atoms with E-state index in [1.165, 1.54) is 0 Å². The minimum atomic E-state index is 0.634. The summed E-state index contributed by atoms with van der Waals surface area (Å²) in [5, 5.41) is 0. The third-order valence-electron chi connectivity index (χ3n) is 2.14. The molecule has 2 aromatic rings. The molecule has 0 N–H and O–H groups in total. The SMILES string of the molecule is Cc1ccc(Oc2ccc(C=O)cc2)cn1. The Hall–Kier alpha value is -2.16. The average molecular weight is 213 g/mol. The highest BCUT2D eigenvalue weighted by atomic mass is 16.5. The zero-order valence-corrected chi connectivity index (χ0v) is 8.88. The number of nitrogens with zero attached hydrogens (tertiary/aromatic N) is 1. The molecule has 0 bridgehead atoms. The van der Waals surface area contributed by atoms with Gasteiger partial charge < -0.3 is 4.74 Å². The van der Waals surface area contributed by atoms with Crippen molar-refractivity contribution in [1.82, 2.24) is 4.98 Å². The molecule has 0 unspecified atom stereocenters. The molecule has 80 valence electrons.